The Morgan fingerprint density at radius 1 is 0.967 bits per heavy atom. The summed E-state index contributed by atoms with van der Waals surface area (Å²) in [6.45, 7) is 6.29. The molecule has 0 aliphatic carbocycles. The summed E-state index contributed by atoms with van der Waals surface area (Å²) in [4.78, 5) is 0. The van der Waals surface area contributed by atoms with Gasteiger partial charge in [0.15, 0.2) is 24.2 Å². The van der Waals surface area contributed by atoms with Crippen molar-refractivity contribution in [3.05, 3.63) is 41.6 Å². The zero-order chi connectivity index (χ0) is 21.3. The van der Waals surface area contributed by atoms with Crippen molar-refractivity contribution in [1.82, 2.24) is 0 Å². The number of methoxy groups -OCH3 is 3. The summed E-state index contributed by atoms with van der Waals surface area (Å²) < 4.78 is 19.2. The fourth-order valence-corrected chi connectivity index (χ4v) is 4.49. The summed E-state index contributed by atoms with van der Waals surface area (Å²) in [7, 11) is 5.12. The first-order valence-electron chi connectivity index (χ1n) is 10.7. The molecule has 0 radical (unpaired) electrons. The van der Waals surface area contributed by atoms with E-state index >= 15 is 0 Å². The van der Waals surface area contributed by atoms with Gasteiger partial charge in [-0.2, -0.15) is 4.57 Å². The second-order valence-corrected chi connectivity index (χ2v) is 7.79. The Labute approximate surface area is 178 Å². The zero-order valence-electron chi connectivity index (χ0n) is 18.6. The van der Waals surface area contributed by atoms with E-state index in [0.29, 0.717) is 0 Å². The number of nitrogens with one attached hydrogen (secondary N) is 1. The predicted octanol–water partition coefficient (Wildman–Crippen LogP) is 4.90. The molecule has 0 saturated carbocycles. The maximum atomic E-state index is 5.68. The van der Waals surface area contributed by atoms with Crippen molar-refractivity contribution in [2.24, 2.45) is 0 Å². The Balaban J connectivity index is 1.93. The lowest BCUT2D eigenvalue weighted by molar-refractivity contribution is -0.686. The minimum absolute atomic E-state index is 0.765. The van der Waals surface area contributed by atoms with Crippen molar-refractivity contribution in [1.29, 1.82) is 0 Å². The number of aromatic nitrogens is 1. The van der Waals surface area contributed by atoms with Gasteiger partial charge in [0, 0.05) is 18.5 Å². The van der Waals surface area contributed by atoms with E-state index in [1.807, 2.05) is 0 Å². The summed E-state index contributed by atoms with van der Waals surface area (Å²) in [6, 6.07) is 8.47. The normalized spacial score (nSPS) is 12.3. The molecule has 4 rings (SSSR count). The van der Waals surface area contributed by atoms with Gasteiger partial charge in [-0.25, -0.2) is 0 Å². The molecule has 158 valence electrons. The average molecular weight is 408 g/mol. The SMILES string of the molecule is CCCCNc1c(OC)ccc2c(C)c3[n+](cc12)CCc1cc(OC)c(OC)cc1-3. The lowest BCUT2D eigenvalue weighted by atomic mass is 9.91. The number of anilines is 1. The van der Waals surface area contributed by atoms with Crippen LogP contribution in [0.3, 0.4) is 0 Å². The van der Waals surface area contributed by atoms with Crippen molar-refractivity contribution in [2.75, 3.05) is 33.2 Å². The summed E-state index contributed by atoms with van der Waals surface area (Å²) in [5.41, 5.74) is 6.11. The molecule has 1 aliphatic heterocycles. The molecule has 2 heterocycles. The Hall–Kier alpha value is -2.95. The van der Waals surface area contributed by atoms with Gasteiger partial charge in [-0.15, -0.1) is 0 Å². The Morgan fingerprint density at radius 3 is 2.40 bits per heavy atom. The first-order valence-corrected chi connectivity index (χ1v) is 10.7. The molecule has 3 aromatic rings. The molecule has 1 aliphatic rings. The number of aryl methyl sites for hydroxylation is 3. The Kier molecular flexibility index (Phi) is 5.71. The third kappa shape index (κ3) is 3.32. The highest BCUT2D eigenvalue weighted by Gasteiger charge is 2.29. The molecule has 0 amide bonds. The van der Waals surface area contributed by atoms with Crippen molar-refractivity contribution in [3.63, 3.8) is 0 Å². The minimum atomic E-state index is 0.765. The standard InChI is InChI=1S/C25H30N2O3/c1-6-7-11-26-24-20-15-27-12-10-17-13-22(29-4)23(30-5)14-19(17)25(27)16(2)18(20)8-9-21(24)28-3/h8-9,13-15H,6-7,10-12H2,1-5H3/p+1. The summed E-state index contributed by atoms with van der Waals surface area (Å²) in [6.07, 6.45) is 5.52. The molecule has 0 bridgehead atoms. The van der Waals surface area contributed by atoms with Gasteiger partial charge in [0.25, 0.3) is 0 Å². The van der Waals surface area contributed by atoms with Crippen molar-refractivity contribution >= 4 is 16.5 Å². The van der Waals surface area contributed by atoms with Crippen molar-refractivity contribution in [3.8, 4) is 28.5 Å². The third-order valence-electron chi connectivity index (χ3n) is 6.08. The number of hydrogen-bond acceptors (Lipinski definition) is 4. The Bertz CT molecular complexity index is 1090. The van der Waals surface area contributed by atoms with Crippen LogP contribution in [-0.2, 0) is 13.0 Å². The number of benzene rings is 2. The van der Waals surface area contributed by atoms with Crippen LogP contribution in [-0.4, -0.2) is 27.9 Å². The van der Waals surface area contributed by atoms with Crippen molar-refractivity contribution < 1.29 is 18.8 Å². The Morgan fingerprint density at radius 2 is 1.70 bits per heavy atom. The number of fused-ring (bicyclic) bond motifs is 4. The topological polar surface area (TPSA) is 43.6 Å². The molecule has 5 heteroatoms. The number of nitrogens with zero attached hydrogens (tertiary/aromatic N) is 1. The molecular weight excluding hydrogens is 376 g/mol. The molecule has 0 spiro atoms. The van der Waals surface area contributed by atoms with E-state index in [2.05, 4.69) is 54.2 Å². The zero-order valence-corrected chi connectivity index (χ0v) is 18.6. The quantitative estimate of drug-likeness (QED) is 0.447. The van der Waals surface area contributed by atoms with Gasteiger partial charge in [-0.05, 0) is 48.6 Å². The van der Waals surface area contributed by atoms with E-state index in [1.165, 1.54) is 33.2 Å². The lowest BCUT2D eigenvalue weighted by Crippen LogP contribution is -2.41. The van der Waals surface area contributed by atoms with Crippen LogP contribution in [0.15, 0.2) is 30.5 Å². The van der Waals surface area contributed by atoms with Crippen LogP contribution >= 0.6 is 0 Å². The number of ether oxygens (including phenoxy) is 3. The molecule has 2 aromatic carbocycles. The van der Waals surface area contributed by atoms with Gasteiger partial charge in [0.05, 0.1) is 38.0 Å². The van der Waals surface area contributed by atoms with E-state index in [9.17, 15) is 0 Å². The largest absolute Gasteiger partial charge is 0.495 e. The fraction of sp³-hybridized carbons (Fsp3) is 0.400. The van der Waals surface area contributed by atoms with Crippen LogP contribution in [0.25, 0.3) is 22.0 Å². The highest BCUT2D eigenvalue weighted by atomic mass is 16.5. The molecule has 0 unspecified atom stereocenters. The number of hydrogen-bond donors (Lipinski definition) is 1. The average Bonchev–Trinajstić information content (AvgIpc) is 2.78. The summed E-state index contributed by atoms with van der Waals surface area (Å²) >= 11 is 0. The van der Waals surface area contributed by atoms with Crippen LogP contribution in [0.5, 0.6) is 17.2 Å². The monoisotopic (exact) mass is 407 g/mol. The van der Waals surface area contributed by atoms with Crippen LogP contribution < -0.4 is 24.1 Å². The highest BCUT2D eigenvalue weighted by molar-refractivity contribution is 5.99. The van der Waals surface area contributed by atoms with E-state index in [1.54, 1.807) is 21.3 Å². The van der Waals surface area contributed by atoms with Crippen LogP contribution in [0.4, 0.5) is 5.69 Å². The van der Waals surface area contributed by atoms with Crippen LogP contribution in [0.1, 0.15) is 30.9 Å². The van der Waals surface area contributed by atoms with Gasteiger partial charge < -0.3 is 19.5 Å². The minimum Gasteiger partial charge on any atom is -0.495 e. The summed E-state index contributed by atoms with van der Waals surface area (Å²) in [5.74, 6) is 2.44. The first kappa shape index (κ1) is 20.3. The van der Waals surface area contributed by atoms with Gasteiger partial charge in [0.1, 0.15) is 5.75 Å². The molecule has 30 heavy (non-hydrogen) atoms. The van der Waals surface area contributed by atoms with Crippen LogP contribution in [0.2, 0.25) is 0 Å². The number of unbranched alkanes of at least 4 members (excludes halogenated alkanes) is 1. The van der Waals surface area contributed by atoms with Crippen LogP contribution in [0, 0.1) is 6.92 Å². The second-order valence-electron chi connectivity index (χ2n) is 7.79. The maximum absolute atomic E-state index is 5.68. The van der Waals surface area contributed by atoms with Gasteiger partial charge >= 0.3 is 0 Å². The lowest BCUT2D eigenvalue weighted by Gasteiger charge is -2.21. The van der Waals surface area contributed by atoms with Gasteiger partial charge in [0.2, 0.25) is 5.69 Å². The molecular formula is C25H31N2O3+. The number of pyridine rings is 1. The highest BCUT2D eigenvalue weighted by Crippen LogP contribution is 2.41. The van der Waals surface area contributed by atoms with E-state index < -0.39 is 0 Å². The predicted molar refractivity (Wildman–Crippen MR) is 121 cm³/mol. The van der Waals surface area contributed by atoms with E-state index in [-0.39, 0.29) is 0 Å². The maximum Gasteiger partial charge on any atom is 0.216 e. The fourth-order valence-electron chi connectivity index (χ4n) is 4.49. The second kappa shape index (κ2) is 8.42. The molecule has 0 fully saturated rings. The molecule has 1 N–H and O–H groups in total. The summed E-state index contributed by atoms with van der Waals surface area (Å²) in [5, 5.41) is 6.06. The smallest absolute Gasteiger partial charge is 0.216 e. The molecule has 0 saturated heterocycles. The third-order valence-corrected chi connectivity index (χ3v) is 6.08. The van der Waals surface area contributed by atoms with E-state index in [4.69, 9.17) is 14.2 Å². The van der Waals surface area contributed by atoms with Gasteiger partial charge in [-0.3, -0.25) is 0 Å². The molecule has 1 aromatic heterocycles. The first-order chi connectivity index (χ1) is 14.6. The molecule has 5 nitrogen and oxygen atoms in total. The van der Waals surface area contributed by atoms with E-state index in [0.717, 1.165) is 55.3 Å². The molecule has 0 atom stereocenters. The van der Waals surface area contributed by atoms with Gasteiger partial charge in [-0.1, -0.05) is 13.3 Å². The number of rotatable bonds is 7. The van der Waals surface area contributed by atoms with Crippen molar-refractivity contribution in [2.45, 2.75) is 39.7 Å².